The highest BCUT2D eigenvalue weighted by molar-refractivity contribution is 5.97. The third kappa shape index (κ3) is 2.10. The minimum absolute atomic E-state index is 0.0191. The molecule has 1 aliphatic heterocycles. The molecule has 0 aromatic carbocycles. The zero-order valence-corrected chi connectivity index (χ0v) is 9.02. The molecule has 9 nitrogen and oxygen atoms in total. The molecule has 1 amide bonds. The summed E-state index contributed by atoms with van der Waals surface area (Å²) in [6, 6.07) is 0. The van der Waals surface area contributed by atoms with E-state index in [1.54, 1.807) is 0 Å². The summed E-state index contributed by atoms with van der Waals surface area (Å²) in [5.74, 6) is -2.28. The van der Waals surface area contributed by atoms with Gasteiger partial charge in [-0.3, -0.25) is 24.6 Å². The first-order chi connectivity index (χ1) is 8.49. The Morgan fingerprint density at radius 3 is 2.56 bits per heavy atom. The monoisotopic (exact) mass is 252 g/mol. The molecule has 0 bridgehead atoms. The molecule has 1 aromatic heterocycles. The summed E-state index contributed by atoms with van der Waals surface area (Å²) in [7, 11) is 0. The van der Waals surface area contributed by atoms with E-state index in [0.29, 0.717) is 0 Å². The van der Waals surface area contributed by atoms with E-state index in [2.05, 4.69) is 9.97 Å². The van der Waals surface area contributed by atoms with Gasteiger partial charge in [0.05, 0.1) is 10.8 Å². The first-order valence-electron chi connectivity index (χ1n) is 4.98. The molecule has 0 aliphatic carbocycles. The summed E-state index contributed by atoms with van der Waals surface area (Å²) in [4.78, 5) is 40.5. The van der Waals surface area contributed by atoms with Gasteiger partial charge in [-0.1, -0.05) is 0 Å². The van der Waals surface area contributed by atoms with E-state index in [0.717, 1.165) is 17.3 Å². The van der Waals surface area contributed by atoms with Gasteiger partial charge in [-0.2, -0.15) is 0 Å². The van der Waals surface area contributed by atoms with Crippen LogP contribution in [-0.2, 0) is 9.59 Å². The maximum absolute atomic E-state index is 11.6. The number of nitrogens with zero attached hydrogens (tertiary/aromatic N) is 4. The number of amides is 1. The molecule has 1 aliphatic rings. The molecular formula is C9H8N4O5. The number of rotatable bonds is 3. The lowest BCUT2D eigenvalue weighted by atomic mass is 10.1. The first-order valence-corrected chi connectivity index (χ1v) is 4.98. The molecule has 1 atom stereocenters. The molecule has 0 saturated carbocycles. The Labute approximate surface area is 100 Å². The van der Waals surface area contributed by atoms with Crippen molar-refractivity contribution in [3.63, 3.8) is 0 Å². The molecule has 0 radical (unpaired) electrons. The SMILES string of the molecule is O=C(O)C1CC(=O)N(c2ncc([N+](=O)[O-])cn2)C1. The number of aromatic nitrogens is 2. The summed E-state index contributed by atoms with van der Waals surface area (Å²) in [6.45, 7) is -0.0218. The lowest BCUT2D eigenvalue weighted by molar-refractivity contribution is -0.385. The highest BCUT2D eigenvalue weighted by Crippen LogP contribution is 2.22. The maximum atomic E-state index is 11.6. The molecule has 1 unspecified atom stereocenters. The van der Waals surface area contributed by atoms with Crippen molar-refractivity contribution in [3.8, 4) is 0 Å². The first kappa shape index (κ1) is 11.9. The smallest absolute Gasteiger partial charge is 0.308 e. The number of carboxylic acid groups (broad SMARTS) is 1. The van der Waals surface area contributed by atoms with E-state index < -0.39 is 22.7 Å². The van der Waals surface area contributed by atoms with Crippen molar-refractivity contribution in [3.05, 3.63) is 22.5 Å². The molecule has 1 N–H and O–H groups in total. The minimum atomic E-state index is -1.06. The molecule has 1 saturated heterocycles. The van der Waals surface area contributed by atoms with Crippen molar-refractivity contribution >= 4 is 23.5 Å². The third-order valence-corrected chi connectivity index (χ3v) is 2.55. The molecule has 1 fully saturated rings. The standard InChI is InChI=1S/C9H8N4O5/c14-7-1-5(8(15)16)4-12(7)9-10-2-6(3-11-9)13(17)18/h2-3,5H,1,4H2,(H,15,16). The summed E-state index contributed by atoms with van der Waals surface area (Å²) in [5, 5.41) is 19.2. The Kier molecular flexibility index (Phi) is 2.88. The van der Waals surface area contributed by atoms with E-state index in [9.17, 15) is 19.7 Å². The third-order valence-electron chi connectivity index (χ3n) is 2.55. The Balaban J connectivity index is 2.19. The van der Waals surface area contributed by atoms with Crippen molar-refractivity contribution < 1.29 is 19.6 Å². The second kappa shape index (κ2) is 4.35. The Morgan fingerprint density at radius 1 is 1.50 bits per heavy atom. The molecule has 94 valence electrons. The van der Waals surface area contributed by atoms with E-state index >= 15 is 0 Å². The van der Waals surface area contributed by atoms with Gasteiger partial charge in [0.15, 0.2) is 0 Å². The van der Waals surface area contributed by atoms with Gasteiger partial charge >= 0.3 is 11.7 Å². The summed E-state index contributed by atoms with van der Waals surface area (Å²) < 4.78 is 0. The van der Waals surface area contributed by atoms with Gasteiger partial charge in [0.1, 0.15) is 12.4 Å². The summed E-state index contributed by atoms with van der Waals surface area (Å²) in [6.07, 6.45) is 1.84. The Morgan fingerprint density at radius 2 is 2.11 bits per heavy atom. The van der Waals surface area contributed by atoms with E-state index in [-0.39, 0.29) is 24.6 Å². The largest absolute Gasteiger partial charge is 0.481 e. The van der Waals surface area contributed by atoms with Gasteiger partial charge in [-0.25, -0.2) is 9.97 Å². The van der Waals surface area contributed by atoms with Gasteiger partial charge in [0.2, 0.25) is 11.9 Å². The lowest BCUT2D eigenvalue weighted by Gasteiger charge is -2.12. The minimum Gasteiger partial charge on any atom is -0.481 e. The predicted octanol–water partition coefficient (Wildman–Crippen LogP) is -0.178. The second-order valence-corrected chi connectivity index (χ2v) is 3.74. The highest BCUT2D eigenvalue weighted by Gasteiger charge is 2.36. The Bertz CT molecular complexity index is 514. The number of carboxylic acids is 1. The fourth-order valence-corrected chi connectivity index (χ4v) is 1.61. The van der Waals surface area contributed by atoms with Crippen LogP contribution in [0.1, 0.15) is 6.42 Å². The molecule has 18 heavy (non-hydrogen) atoms. The van der Waals surface area contributed by atoms with Gasteiger partial charge in [-0.15, -0.1) is 0 Å². The summed E-state index contributed by atoms with van der Waals surface area (Å²) >= 11 is 0. The normalized spacial score (nSPS) is 19.0. The number of hydrogen-bond donors (Lipinski definition) is 1. The fourth-order valence-electron chi connectivity index (χ4n) is 1.61. The lowest BCUT2D eigenvalue weighted by Crippen LogP contribution is -2.27. The number of carbonyl (C=O) groups excluding carboxylic acids is 1. The van der Waals surface area contributed by atoms with Crippen LogP contribution < -0.4 is 4.90 Å². The van der Waals surface area contributed by atoms with Crippen molar-refractivity contribution in [2.75, 3.05) is 11.4 Å². The zero-order chi connectivity index (χ0) is 13.3. The fraction of sp³-hybridized carbons (Fsp3) is 0.333. The average molecular weight is 252 g/mol. The molecule has 9 heteroatoms. The van der Waals surface area contributed by atoms with Crippen LogP contribution in [0, 0.1) is 16.0 Å². The van der Waals surface area contributed by atoms with E-state index in [1.807, 2.05) is 0 Å². The van der Waals surface area contributed by atoms with E-state index in [1.165, 1.54) is 0 Å². The maximum Gasteiger partial charge on any atom is 0.308 e. The van der Waals surface area contributed by atoms with Gasteiger partial charge in [0.25, 0.3) is 0 Å². The van der Waals surface area contributed by atoms with Crippen molar-refractivity contribution in [2.45, 2.75) is 6.42 Å². The van der Waals surface area contributed by atoms with Crippen LogP contribution >= 0.6 is 0 Å². The molecule has 0 spiro atoms. The molecule has 1 aromatic rings. The number of anilines is 1. The van der Waals surface area contributed by atoms with Crippen LogP contribution in [0.4, 0.5) is 11.6 Å². The zero-order valence-electron chi connectivity index (χ0n) is 9.02. The predicted molar refractivity (Wildman–Crippen MR) is 56.8 cm³/mol. The number of hydrogen-bond acceptors (Lipinski definition) is 6. The number of aliphatic carboxylic acids is 1. The van der Waals surface area contributed by atoms with Crippen LogP contribution in [0.5, 0.6) is 0 Å². The van der Waals surface area contributed by atoms with Crippen LogP contribution in [-0.4, -0.2) is 38.4 Å². The summed E-state index contributed by atoms with van der Waals surface area (Å²) in [5.41, 5.74) is -0.291. The topological polar surface area (TPSA) is 127 Å². The molecule has 2 rings (SSSR count). The van der Waals surface area contributed by atoms with Crippen LogP contribution in [0.2, 0.25) is 0 Å². The van der Waals surface area contributed by atoms with Crippen LogP contribution in [0.3, 0.4) is 0 Å². The van der Waals surface area contributed by atoms with Crippen molar-refractivity contribution in [1.29, 1.82) is 0 Å². The van der Waals surface area contributed by atoms with Crippen molar-refractivity contribution in [2.24, 2.45) is 5.92 Å². The average Bonchev–Trinajstić information content (AvgIpc) is 2.71. The van der Waals surface area contributed by atoms with Crippen LogP contribution in [0.15, 0.2) is 12.4 Å². The van der Waals surface area contributed by atoms with Gasteiger partial charge < -0.3 is 5.11 Å². The number of carbonyl (C=O) groups is 2. The second-order valence-electron chi connectivity index (χ2n) is 3.74. The molecule has 2 heterocycles. The van der Waals surface area contributed by atoms with E-state index in [4.69, 9.17) is 5.11 Å². The Hall–Kier alpha value is -2.58. The highest BCUT2D eigenvalue weighted by atomic mass is 16.6. The number of nitro groups is 1. The van der Waals surface area contributed by atoms with Crippen molar-refractivity contribution in [1.82, 2.24) is 9.97 Å². The molecular weight excluding hydrogens is 244 g/mol. The van der Waals surface area contributed by atoms with Crippen LogP contribution in [0.25, 0.3) is 0 Å². The quantitative estimate of drug-likeness (QED) is 0.583. The van der Waals surface area contributed by atoms with Gasteiger partial charge in [0, 0.05) is 13.0 Å². The van der Waals surface area contributed by atoms with Gasteiger partial charge in [-0.05, 0) is 0 Å².